The average Bonchev–Trinajstić information content (AvgIpc) is 2.63. The fourth-order valence-corrected chi connectivity index (χ4v) is 4.03. The fourth-order valence-electron chi connectivity index (χ4n) is 4.03. The van der Waals surface area contributed by atoms with Gasteiger partial charge in [-0.1, -0.05) is 71.4 Å². The molecule has 0 spiro atoms. The summed E-state index contributed by atoms with van der Waals surface area (Å²) in [6.07, 6.45) is 0. The molecule has 2 rings (SSSR count). The van der Waals surface area contributed by atoms with Crippen molar-refractivity contribution in [1.82, 2.24) is 9.80 Å². The summed E-state index contributed by atoms with van der Waals surface area (Å²) in [6.45, 7) is 20.1. The highest BCUT2D eigenvalue weighted by Crippen LogP contribution is 2.38. The van der Waals surface area contributed by atoms with Crippen molar-refractivity contribution in [2.45, 2.75) is 79.3 Å². The number of hydrogen-bond acceptors (Lipinski definition) is 4. The van der Waals surface area contributed by atoms with Gasteiger partial charge in [-0.05, 0) is 55.5 Å². The second kappa shape index (κ2) is 9.84. The van der Waals surface area contributed by atoms with E-state index in [4.69, 9.17) is 0 Å². The van der Waals surface area contributed by atoms with Crippen LogP contribution in [0.2, 0.25) is 0 Å². The number of nitrogens with zero attached hydrogens (tertiary/aromatic N) is 2. The highest BCUT2D eigenvalue weighted by Gasteiger charge is 2.26. The summed E-state index contributed by atoms with van der Waals surface area (Å²) in [5, 5.41) is 21.9. The molecule has 0 fully saturated rings. The zero-order valence-electron chi connectivity index (χ0n) is 21.9. The zero-order valence-corrected chi connectivity index (χ0v) is 21.9. The van der Waals surface area contributed by atoms with Gasteiger partial charge in [0.05, 0.1) is 0 Å². The lowest BCUT2D eigenvalue weighted by atomic mass is 9.79. The van der Waals surface area contributed by atoms with Crippen molar-refractivity contribution < 1.29 is 10.2 Å². The Kier molecular flexibility index (Phi) is 8.06. The largest absolute Gasteiger partial charge is 0.507 e. The van der Waals surface area contributed by atoms with E-state index in [0.29, 0.717) is 24.6 Å². The number of aromatic hydroxyl groups is 2. The van der Waals surface area contributed by atoms with Crippen LogP contribution < -0.4 is 0 Å². The maximum absolute atomic E-state index is 11.3. The van der Waals surface area contributed by atoms with E-state index >= 15 is 0 Å². The molecule has 0 aromatic heterocycles. The zero-order chi connectivity index (χ0) is 24.4. The van der Waals surface area contributed by atoms with E-state index in [0.717, 1.165) is 40.9 Å². The summed E-state index contributed by atoms with van der Waals surface area (Å²) in [6, 6.07) is 8.40. The van der Waals surface area contributed by atoms with Gasteiger partial charge in [0, 0.05) is 37.3 Å². The lowest BCUT2D eigenvalue weighted by Gasteiger charge is -2.30. The number of likely N-dealkylation sites (N-methyl/N-ethyl adjacent to an activating group) is 1. The van der Waals surface area contributed by atoms with Crippen molar-refractivity contribution in [2.75, 3.05) is 27.2 Å². The smallest absolute Gasteiger partial charge is 0.123 e. The molecule has 2 aromatic rings. The SMILES string of the molecule is Cc1cc(C)c(O)c(CN(CCN(C)C)Cc2cc(C(C)(C)C)cc(C(C)(C)C)c2O)c1. The first-order valence-corrected chi connectivity index (χ1v) is 11.6. The molecule has 0 amide bonds. The van der Waals surface area contributed by atoms with Gasteiger partial charge in [0.15, 0.2) is 0 Å². The number of aryl methyl sites for hydroxylation is 2. The molecule has 0 heterocycles. The van der Waals surface area contributed by atoms with Crippen LogP contribution in [0, 0.1) is 13.8 Å². The Labute approximate surface area is 195 Å². The van der Waals surface area contributed by atoms with Crippen LogP contribution in [-0.4, -0.2) is 47.2 Å². The normalized spacial score (nSPS) is 12.8. The molecule has 0 aliphatic carbocycles. The first-order valence-electron chi connectivity index (χ1n) is 11.6. The first kappa shape index (κ1) is 26.2. The Hall–Kier alpha value is -2.04. The van der Waals surface area contributed by atoms with Gasteiger partial charge >= 0.3 is 0 Å². The predicted molar refractivity (Wildman–Crippen MR) is 136 cm³/mol. The predicted octanol–water partition coefficient (Wildman–Crippen LogP) is 5.87. The van der Waals surface area contributed by atoms with Crippen LogP contribution in [-0.2, 0) is 23.9 Å². The molecular formula is C28H44N2O2. The first-order chi connectivity index (χ1) is 14.6. The fraction of sp³-hybridized carbons (Fsp3) is 0.571. The molecule has 2 N–H and O–H groups in total. The molecule has 0 bridgehead atoms. The Balaban J connectivity index is 2.51. The van der Waals surface area contributed by atoms with Gasteiger partial charge in [-0.15, -0.1) is 0 Å². The highest BCUT2D eigenvalue weighted by molar-refractivity contribution is 5.49. The molecular weight excluding hydrogens is 396 g/mol. The second-order valence-electron chi connectivity index (χ2n) is 11.6. The number of phenolic OH excluding ortho intramolecular Hbond substituents is 2. The van der Waals surface area contributed by atoms with E-state index in [2.05, 4.69) is 90.6 Å². The van der Waals surface area contributed by atoms with Crippen LogP contribution in [0.5, 0.6) is 11.5 Å². The maximum atomic E-state index is 11.3. The minimum absolute atomic E-state index is 0.0111. The van der Waals surface area contributed by atoms with E-state index in [1.54, 1.807) is 0 Å². The maximum Gasteiger partial charge on any atom is 0.123 e. The van der Waals surface area contributed by atoms with Crippen LogP contribution in [0.4, 0.5) is 0 Å². The number of hydrogen-bond donors (Lipinski definition) is 2. The van der Waals surface area contributed by atoms with Crippen molar-refractivity contribution in [3.8, 4) is 11.5 Å². The minimum atomic E-state index is -0.152. The van der Waals surface area contributed by atoms with Crippen LogP contribution >= 0.6 is 0 Å². The third kappa shape index (κ3) is 6.73. The van der Waals surface area contributed by atoms with Crippen molar-refractivity contribution >= 4 is 0 Å². The van der Waals surface area contributed by atoms with Gasteiger partial charge in [-0.3, -0.25) is 4.90 Å². The van der Waals surface area contributed by atoms with E-state index in [-0.39, 0.29) is 10.8 Å². The molecule has 0 aliphatic heterocycles. The molecule has 0 unspecified atom stereocenters. The molecule has 4 nitrogen and oxygen atoms in total. The van der Waals surface area contributed by atoms with E-state index in [1.165, 1.54) is 5.56 Å². The second-order valence-corrected chi connectivity index (χ2v) is 11.6. The summed E-state index contributed by atoms with van der Waals surface area (Å²) < 4.78 is 0. The van der Waals surface area contributed by atoms with Gasteiger partial charge in [-0.25, -0.2) is 0 Å². The van der Waals surface area contributed by atoms with Crippen molar-refractivity contribution in [2.24, 2.45) is 0 Å². The Morgan fingerprint density at radius 2 is 1.28 bits per heavy atom. The number of rotatable bonds is 7. The third-order valence-corrected chi connectivity index (χ3v) is 6.04. The van der Waals surface area contributed by atoms with Crippen molar-refractivity contribution in [3.63, 3.8) is 0 Å². The van der Waals surface area contributed by atoms with Crippen LogP contribution in [0.25, 0.3) is 0 Å². The molecule has 0 saturated heterocycles. The molecule has 32 heavy (non-hydrogen) atoms. The summed E-state index contributed by atoms with van der Waals surface area (Å²) >= 11 is 0. The summed E-state index contributed by atoms with van der Waals surface area (Å²) in [5.41, 5.74) is 5.99. The Bertz CT molecular complexity index is 934. The van der Waals surface area contributed by atoms with Gasteiger partial charge in [-0.2, -0.15) is 0 Å². The molecule has 4 heteroatoms. The lowest BCUT2D eigenvalue weighted by Crippen LogP contribution is -2.31. The van der Waals surface area contributed by atoms with Crippen molar-refractivity contribution in [1.29, 1.82) is 0 Å². The topological polar surface area (TPSA) is 46.9 Å². The lowest BCUT2D eigenvalue weighted by molar-refractivity contribution is 0.221. The summed E-state index contributed by atoms with van der Waals surface area (Å²) in [5.74, 6) is 0.762. The minimum Gasteiger partial charge on any atom is -0.507 e. The number of phenols is 2. The quantitative estimate of drug-likeness (QED) is 0.565. The summed E-state index contributed by atoms with van der Waals surface area (Å²) in [4.78, 5) is 4.49. The van der Waals surface area contributed by atoms with Crippen LogP contribution in [0.3, 0.4) is 0 Å². The summed E-state index contributed by atoms with van der Waals surface area (Å²) in [7, 11) is 4.14. The Morgan fingerprint density at radius 3 is 1.78 bits per heavy atom. The monoisotopic (exact) mass is 440 g/mol. The molecule has 0 atom stereocenters. The average molecular weight is 441 g/mol. The van der Waals surface area contributed by atoms with Crippen LogP contribution in [0.15, 0.2) is 24.3 Å². The van der Waals surface area contributed by atoms with E-state index < -0.39 is 0 Å². The van der Waals surface area contributed by atoms with E-state index in [9.17, 15) is 10.2 Å². The molecule has 2 aromatic carbocycles. The highest BCUT2D eigenvalue weighted by atomic mass is 16.3. The Morgan fingerprint density at radius 1 is 0.719 bits per heavy atom. The molecule has 0 saturated carbocycles. The number of benzene rings is 2. The van der Waals surface area contributed by atoms with Gasteiger partial charge in [0.1, 0.15) is 11.5 Å². The van der Waals surface area contributed by atoms with Gasteiger partial charge in [0.25, 0.3) is 0 Å². The van der Waals surface area contributed by atoms with E-state index in [1.807, 2.05) is 13.0 Å². The van der Waals surface area contributed by atoms with Crippen LogP contribution in [0.1, 0.15) is 74.9 Å². The van der Waals surface area contributed by atoms with Gasteiger partial charge in [0.2, 0.25) is 0 Å². The standard InChI is InChI=1S/C28H44N2O2/c1-19-13-20(2)25(31)21(14-19)17-30(12-11-29(9)10)18-22-15-23(27(3,4)5)16-24(26(22)32)28(6,7)8/h13-16,31-32H,11-12,17-18H2,1-10H3. The molecule has 0 aliphatic rings. The molecule has 0 radical (unpaired) electrons. The van der Waals surface area contributed by atoms with Gasteiger partial charge < -0.3 is 15.1 Å². The third-order valence-electron chi connectivity index (χ3n) is 6.04. The molecule has 178 valence electrons. The van der Waals surface area contributed by atoms with Crippen molar-refractivity contribution in [3.05, 3.63) is 57.6 Å².